The van der Waals surface area contributed by atoms with Gasteiger partial charge >= 0.3 is 0 Å². The highest BCUT2D eigenvalue weighted by Crippen LogP contribution is 2.19. The number of hydrogen-bond acceptors (Lipinski definition) is 5. The predicted octanol–water partition coefficient (Wildman–Crippen LogP) is 2.09. The summed E-state index contributed by atoms with van der Waals surface area (Å²) < 4.78 is 11.2. The van der Waals surface area contributed by atoms with E-state index in [1.54, 1.807) is 13.3 Å². The van der Waals surface area contributed by atoms with Crippen LogP contribution in [0.3, 0.4) is 0 Å². The van der Waals surface area contributed by atoms with Gasteiger partial charge in [0, 0.05) is 58.4 Å². The van der Waals surface area contributed by atoms with Crippen LogP contribution in [0.25, 0.3) is 11.5 Å². The zero-order chi connectivity index (χ0) is 21.6. The molecule has 2 aliphatic heterocycles. The van der Waals surface area contributed by atoms with Crippen LogP contribution >= 0.6 is 0 Å². The van der Waals surface area contributed by atoms with Crippen molar-refractivity contribution < 1.29 is 13.9 Å². The molecule has 1 aromatic carbocycles. The summed E-state index contributed by atoms with van der Waals surface area (Å²) in [5.41, 5.74) is 3.10. The second-order valence-corrected chi connectivity index (χ2v) is 8.05. The molecule has 8 heteroatoms. The number of aromatic nitrogens is 1. The molecule has 1 amide bonds. The highest BCUT2D eigenvalue weighted by molar-refractivity contribution is 5.82. The molecule has 1 atom stereocenters. The summed E-state index contributed by atoms with van der Waals surface area (Å²) in [5, 5.41) is 3.41. The molecule has 2 aliphatic rings. The zero-order valence-electron chi connectivity index (χ0n) is 18.3. The zero-order valence-corrected chi connectivity index (χ0v) is 18.3. The van der Waals surface area contributed by atoms with Gasteiger partial charge in [-0.1, -0.05) is 17.7 Å². The Hall–Kier alpha value is -2.87. The maximum absolute atomic E-state index is 12.5. The predicted molar refractivity (Wildman–Crippen MR) is 119 cm³/mol. The lowest BCUT2D eigenvalue weighted by molar-refractivity contribution is -0.142. The molecule has 0 aliphatic carbocycles. The maximum atomic E-state index is 12.5. The summed E-state index contributed by atoms with van der Waals surface area (Å²) in [6.45, 7) is 6.39. The van der Waals surface area contributed by atoms with Crippen molar-refractivity contribution in [2.24, 2.45) is 4.99 Å². The minimum atomic E-state index is -0.240. The van der Waals surface area contributed by atoms with Gasteiger partial charge in [0.2, 0.25) is 5.89 Å². The highest BCUT2D eigenvalue weighted by Gasteiger charge is 2.30. The van der Waals surface area contributed by atoms with Gasteiger partial charge in [0.1, 0.15) is 12.4 Å². The molecule has 166 valence electrons. The lowest BCUT2D eigenvalue weighted by atomic mass is 10.1. The number of carbonyl (C=O) groups is 1. The number of aryl methyl sites for hydroxylation is 1. The number of hydrogen-bond donors (Lipinski definition) is 1. The fourth-order valence-electron chi connectivity index (χ4n) is 4.00. The normalized spacial score (nSPS) is 19.7. The Bertz CT molecular complexity index is 894. The fourth-order valence-corrected chi connectivity index (χ4v) is 4.00. The summed E-state index contributed by atoms with van der Waals surface area (Å²) in [5.74, 6) is 1.63. The second-order valence-electron chi connectivity index (χ2n) is 8.05. The quantitative estimate of drug-likeness (QED) is 0.584. The van der Waals surface area contributed by atoms with E-state index in [2.05, 4.69) is 39.2 Å². The minimum absolute atomic E-state index is 0.135. The third-order valence-electron chi connectivity index (χ3n) is 5.82. The molecule has 2 saturated heterocycles. The van der Waals surface area contributed by atoms with Crippen LogP contribution in [0.5, 0.6) is 0 Å². The third-order valence-corrected chi connectivity index (χ3v) is 5.82. The van der Waals surface area contributed by atoms with Gasteiger partial charge in [-0.25, -0.2) is 4.98 Å². The first-order chi connectivity index (χ1) is 15.1. The van der Waals surface area contributed by atoms with Crippen molar-refractivity contribution in [3.63, 3.8) is 0 Å². The van der Waals surface area contributed by atoms with Crippen molar-refractivity contribution in [3.05, 3.63) is 41.8 Å². The van der Waals surface area contributed by atoms with E-state index in [9.17, 15) is 4.79 Å². The molecule has 4 rings (SSSR count). The fraction of sp³-hybridized carbons (Fsp3) is 0.522. The molecule has 31 heavy (non-hydrogen) atoms. The van der Waals surface area contributed by atoms with Gasteiger partial charge in [0.05, 0.1) is 5.69 Å². The summed E-state index contributed by atoms with van der Waals surface area (Å²) in [6, 6.07) is 8.15. The van der Waals surface area contributed by atoms with E-state index in [1.165, 1.54) is 5.56 Å². The Balaban J connectivity index is 1.23. The molecular formula is C23H31N5O3. The highest BCUT2D eigenvalue weighted by atomic mass is 16.5. The second kappa shape index (κ2) is 9.96. The number of rotatable bonds is 5. The number of piperazine rings is 1. The lowest BCUT2D eigenvalue weighted by Gasteiger charge is -2.37. The van der Waals surface area contributed by atoms with Crippen LogP contribution < -0.4 is 5.32 Å². The molecular weight excluding hydrogens is 394 g/mol. The standard InChI is InChI=1S/C23H31N5O3/c1-17-5-7-18(8-6-17)21-26-19(16-31-21)9-10-25-23(24-2)28-13-11-27(12-14-28)22(29)20-4-3-15-30-20/h5-8,16,20H,3-4,9-15H2,1-2H3,(H,24,25). The summed E-state index contributed by atoms with van der Waals surface area (Å²) in [6.07, 6.45) is 4.04. The molecule has 1 N–H and O–H groups in total. The summed E-state index contributed by atoms with van der Waals surface area (Å²) in [7, 11) is 1.79. The number of nitrogens with one attached hydrogen (secondary N) is 1. The smallest absolute Gasteiger partial charge is 0.251 e. The van der Waals surface area contributed by atoms with Gasteiger partial charge in [-0.3, -0.25) is 9.79 Å². The largest absolute Gasteiger partial charge is 0.444 e. The van der Waals surface area contributed by atoms with Crippen LogP contribution in [-0.4, -0.2) is 79.1 Å². The van der Waals surface area contributed by atoms with Crippen molar-refractivity contribution in [2.75, 3.05) is 46.4 Å². The van der Waals surface area contributed by atoms with E-state index in [1.807, 2.05) is 17.0 Å². The topological polar surface area (TPSA) is 83.2 Å². The Kier molecular flexibility index (Phi) is 6.86. The number of guanidine groups is 1. The van der Waals surface area contributed by atoms with Gasteiger partial charge in [0.25, 0.3) is 5.91 Å². The molecule has 0 radical (unpaired) electrons. The number of benzene rings is 1. The Labute approximate surface area is 183 Å². The van der Waals surface area contributed by atoms with Gasteiger partial charge in [0.15, 0.2) is 5.96 Å². The summed E-state index contributed by atoms with van der Waals surface area (Å²) >= 11 is 0. The average Bonchev–Trinajstić information content (AvgIpc) is 3.50. The Morgan fingerprint density at radius 2 is 1.94 bits per heavy atom. The van der Waals surface area contributed by atoms with E-state index in [4.69, 9.17) is 9.15 Å². The molecule has 8 nitrogen and oxygen atoms in total. The van der Waals surface area contributed by atoms with E-state index in [0.29, 0.717) is 32.1 Å². The molecule has 2 fully saturated rings. The van der Waals surface area contributed by atoms with Crippen molar-refractivity contribution in [1.29, 1.82) is 0 Å². The first-order valence-electron chi connectivity index (χ1n) is 11.0. The van der Waals surface area contributed by atoms with Crippen LogP contribution in [0, 0.1) is 6.92 Å². The molecule has 0 bridgehead atoms. The lowest BCUT2D eigenvalue weighted by Crippen LogP contribution is -2.55. The van der Waals surface area contributed by atoms with Crippen LogP contribution in [-0.2, 0) is 16.0 Å². The van der Waals surface area contributed by atoms with Gasteiger partial charge in [-0.05, 0) is 31.9 Å². The first kappa shape index (κ1) is 21.4. The van der Waals surface area contributed by atoms with Crippen molar-refractivity contribution in [1.82, 2.24) is 20.1 Å². The molecule has 0 saturated carbocycles. The van der Waals surface area contributed by atoms with E-state index in [0.717, 1.165) is 49.6 Å². The van der Waals surface area contributed by atoms with Crippen molar-refractivity contribution in [2.45, 2.75) is 32.3 Å². The number of amides is 1. The van der Waals surface area contributed by atoms with Gasteiger partial charge in [-0.2, -0.15) is 0 Å². The molecule has 2 aromatic rings. The molecule has 3 heterocycles. The molecule has 0 spiro atoms. The molecule has 1 aromatic heterocycles. The molecule has 1 unspecified atom stereocenters. The maximum Gasteiger partial charge on any atom is 0.251 e. The van der Waals surface area contributed by atoms with Gasteiger partial charge in [-0.15, -0.1) is 0 Å². The van der Waals surface area contributed by atoms with E-state index < -0.39 is 0 Å². The number of carbonyl (C=O) groups excluding carboxylic acids is 1. The number of ether oxygens (including phenoxy) is 1. The first-order valence-corrected chi connectivity index (χ1v) is 11.0. The average molecular weight is 426 g/mol. The minimum Gasteiger partial charge on any atom is -0.444 e. The Morgan fingerprint density at radius 3 is 2.61 bits per heavy atom. The van der Waals surface area contributed by atoms with E-state index >= 15 is 0 Å². The van der Waals surface area contributed by atoms with E-state index in [-0.39, 0.29) is 12.0 Å². The van der Waals surface area contributed by atoms with Crippen LogP contribution in [0.4, 0.5) is 0 Å². The van der Waals surface area contributed by atoms with Crippen LogP contribution in [0.1, 0.15) is 24.1 Å². The number of aliphatic imine (C=N–C) groups is 1. The number of oxazole rings is 1. The third kappa shape index (κ3) is 5.25. The van der Waals surface area contributed by atoms with Crippen LogP contribution in [0.15, 0.2) is 39.9 Å². The van der Waals surface area contributed by atoms with Crippen molar-refractivity contribution >= 4 is 11.9 Å². The van der Waals surface area contributed by atoms with Crippen molar-refractivity contribution in [3.8, 4) is 11.5 Å². The Morgan fingerprint density at radius 1 is 1.19 bits per heavy atom. The van der Waals surface area contributed by atoms with Crippen LogP contribution in [0.2, 0.25) is 0 Å². The monoisotopic (exact) mass is 425 g/mol. The summed E-state index contributed by atoms with van der Waals surface area (Å²) in [4.78, 5) is 25.6. The van der Waals surface area contributed by atoms with Gasteiger partial charge < -0.3 is 24.3 Å². The SMILES string of the molecule is CN=C(NCCc1coc(-c2ccc(C)cc2)n1)N1CCN(C(=O)C2CCCO2)CC1. The number of nitrogens with zero attached hydrogens (tertiary/aromatic N) is 4.